The molecule has 1 amide bonds. The summed E-state index contributed by atoms with van der Waals surface area (Å²) in [4.78, 5) is 10.4. The van der Waals surface area contributed by atoms with Crippen molar-refractivity contribution < 1.29 is 9.18 Å². The molecular formula is C10H8ClFN2O. The van der Waals surface area contributed by atoms with E-state index in [9.17, 15) is 9.18 Å². The Morgan fingerprint density at radius 3 is 2.80 bits per heavy atom. The van der Waals surface area contributed by atoms with Crippen molar-refractivity contribution in [1.82, 2.24) is 0 Å². The molecule has 15 heavy (non-hydrogen) atoms. The molecule has 5 heteroatoms. The van der Waals surface area contributed by atoms with Gasteiger partial charge in [-0.3, -0.25) is 4.79 Å². The first-order valence-corrected chi connectivity index (χ1v) is 4.40. The second-order valence-corrected chi connectivity index (χ2v) is 3.20. The van der Waals surface area contributed by atoms with Crippen LogP contribution in [-0.2, 0) is 4.79 Å². The average Bonchev–Trinajstić information content (AvgIpc) is 2.12. The van der Waals surface area contributed by atoms with Gasteiger partial charge in [-0.25, -0.2) is 4.39 Å². The van der Waals surface area contributed by atoms with Gasteiger partial charge in [0, 0.05) is 0 Å². The lowest BCUT2D eigenvalue weighted by Gasteiger charge is -2.00. The molecule has 0 unspecified atom stereocenters. The number of hydrogen-bond donors (Lipinski definition) is 2. The number of nitrogen functional groups attached to an aromatic ring is 1. The van der Waals surface area contributed by atoms with Crippen LogP contribution < -0.4 is 11.5 Å². The lowest BCUT2D eigenvalue weighted by atomic mass is 10.1. The fourth-order valence-corrected chi connectivity index (χ4v) is 1.12. The molecule has 78 valence electrons. The fraction of sp³-hybridized carbons (Fsp3) is 0.100. The van der Waals surface area contributed by atoms with Gasteiger partial charge in [0.25, 0.3) is 0 Å². The van der Waals surface area contributed by atoms with E-state index < -0.39 is 11.7 Å². The molecule has 0 heterocycles. The minimum atomic E-state index is -0.552. The van der Waals surface area contributed by atoms with Gasteiger partial charge in [-0.15, -0.1) is 0 Å². The second-order valence-electron chi connectivity index (χ2n) is 2.79. The molecule has 0 spiro atoms. The first kappa shape index (κ1) is 11.3. The molecular weight excluding hydrogens is 219 g/mol. The fourth-order valence-electron chi connectivity index (χ4n) is 0.915. The summed E-state index contributed by atoms with van der Waals surface area (Å²) < 4.78 is 12.9. The summed E-state index contributed by atoms with van der Waals surface area (Å²) >= 11 is 5.64. The minimum absolute atomic E-state index is 0.0957. The number of amides is 1. The number of carbonyl (C=O) groups is 1. The Balaban J connectivity index is 3.02. The monoisotopic (exact) mass is 226 g/mol. The van der Waals surface area contributed by atoms with Gasteiger partial charge < -0.3 is 11.5 Å². The van der Waals surface area contributed by atoms with Crippen molar-refractivity contribution in [2.24, 2.45) is 5.73 Å². The quantitative estimate of drug-likeness (QED) is 0.560. The van der Waals surface area contributed by atoms with Gasteiger partial charge in [-0.1, -0.05) is 23.4 Å². The van der Waals surface area contributed by atoms with E-state index >= 15 is 0 Å². The maximum atomic E-state index is 12.9. The Morgan fingerprint density at radius 1 is 1.53 bits per heavy atom. The van der Waals surface area contributed by atoms with E-state index in [4.69, 9.17) is 23.1 Å². The number of benzene rings is 1. The van der Waals surface area contributed by atoms with E-state index in [1.807, 2.05) is 0 Å². The topological polar surface area (TPSA) is 69.1 Å². The van der Waals surface area contributed by atoms with Crippen molar-refractivity contribution in [3.05, 3.63) is 28.5 Å². The van der Waals surface area contributed by atoms with Crippen LogP contribution in [0.25, 0.3) is 0 Å². The van der Waals surface area contributed by atoms with E-state index in [1.165, 1.54) is 0 Å². The molecule has 0 aliphatic carbocycles. The summed E-state index contributed by atoms with van der Waals surface area (Å²) in [6, 6.07) is 2.24. The van der Waals surface area contributed by atoms with E-state index in [1.54, 1.807) is 0 Å². The Morgan fingerprint density at radius 2 is 2.20 bits per heavy atom. The third-order valence-electron chi connectivity index (χ3n) is 1.58. The van der Waals surface area contributed by atoms with Crippen molar-refractivity contribution >= 4 is 23.2 Å². The molecule has 0 saturated heterocycles. The molecule has 1 rings (SSSR count). The highest BCUT2D eigenvalue weighted by Gasteiger charge is 2.04. The predicted octanol–water partition coefficient (Wildman–Crippen LogP) is 1.29. The van der Waals surface area contributed by atoms with Crippen LogP contribution >= 0.6 is 11.6 Å². The Hall–Kier alpha value is -1.73. The van der Waals surface area contributed by atoms with Crippen LogP contribution in [0.15, 0.2) is 12.1 Å². The number of nitrogens with two attached hydrogens (primary N) is 2. The lowest BCUT2D eigenvalue weighted by molar-refractivity contribution is -0.117. The third-order valence-corrected chi connectivity index (χ3v) is 1.89. The van der Waals surface area contributed by atoms with Crippen LogP contribution in [0, 0.1) is 17.7 Å². The lowest BCUT2D eigenvalue weighted by Crippen LogP contribution is -2.08. The number of rotatable bonds is 1. The van der Waals surface area contributed by atoms with Crippen LogP contribution in [0.5, 0.6) is 0 Å². The number of halogens is 2. The van der Waals surface area contributed by atoms with E-state index in [0.717, 1.165) is 12.1 Å². The minimum Gasteiger partial charge on any atom is -0.397 e. The SMILES string of the molecule is NC(=O)CC#Cc1cc(F)cc(Cl)c1N. The van der Waals surface area contributed by atoms with E-state index in [-0.39, 0.29) is 22.7 Å². The molecule has 0 aliphatic heterocycles. The highest BCUT2D eigenvalue weighted by Crippen LogP contribution is 2.23. The second kappa shape index (κ2) is 4.67. The maximum absolute atomic E-state index is 12.9. The molecule has 4 N–H and O–H groups in total. The molecule has 0 atom stereocenters. The largest absolute Gasteiger partial charge is 0.397 e. The Labute approximate surface area is 91.2 Å². The molecule has 3 nitrogen and oxygen atoms in total. The van der Waals surface area contributed by atoms with Crippen molar-refractivity contribution in [3.8, 4) is 11.8 Å². The van der Waals surface area contributed by atoms with Gasteiger partial charge in [0.1, 0.15) is 5.82 Å². The maximum Gasteiger partial charge on any atom is 0.229 e. The summed E-state index contributed by atoms with van der Waals surface area (Å²) in [7, 11) is 0. The number of primary amides is 1. The van der Waals surface area contributed by atoms with Gasteiger partial charge >= 0.3 is 0 Å². The van der Waals surface area contributed by atoms with E-state index in [0.29, 0.717) is 0 Å². The summed E-state index contributed by atoms with van der Waals surface area (Å²) in [5, 5.41) is 0.0957. The summed E-state index contributed by atoms with van der Waals surface area (Å²) in [5.41, 5.74) is 10.9. The third kappa shape index (κ3) is 3.15. The predicted molar refractivity (Wildman–Crippen MR) is 56.5 cm³/mol. The normalized spacial score (nSPS) is 9.20. The van der Waals surface area contributed by atoms with E-state index in [2.05, 4.69) is 11.8 Å². The Kier molecular flexibility index (Phi) is 3.53. The van der Waals surface area contributed by atoms with Crippen molar-refractivity contribution in [2.45, 2.75) is 6.42 Å². The summed E-state index contributed by atoms with van der Waals surface area (Å²) in [6.07, 6.45) is -0.104. The molecule has 0 radical (unpaired) electrons. The van der Waals surface area contributed by atoms with Crippen LogP contribution in [0.2, 0.25) is 5.02 Å². The molecule has 0 bridgehead atoms. The first-order valence-electron chi connectivity index (χ1n) is 4.02. The molecule has 0 fully saturated rings. The standard InChI is InChI=1S/C10H8ClFN2O/c11-8-5-7(12)4-6(10(8)14)2-1-3-9(13)15/h4-5H,3,14H2,(H2,13,15). The van der Waals surface area contributed by atoms with Gasteiger partial charge in [0.2, 0.25) is 5.91 Å². The smallest absolute Gasteiger partial charge is 0.229 e. The van der Waals surface area contributed by atoms with Gasteiger partial charge in [0.05, 0.1) is 22.7 Å². The zero-order valence-corrected chi connectivity index (χ0v) is 8.44. The molecule has 1 aromatic rings. The Bertz CT molecular complexity index is 462. The van der Waals surface area contributed by atoms with Crippen LogP contribution in [-0.4, -0.2) is 5.91 Å². The number of carbonyl (C=O) groups excluding carboxylic acids is 1. The summed E-state index contributed by atoms with van der Waals surface area (Å²) in [5.74, 6) is 3.91. The first-order chi connectivity index (χ1) is 7.00. The zero-order valence-electron chi connectivity index (χ0n) is 7.68. The molecule has 0 aliphatic rings. The van der Waals surface area contributed by atoms with Crippen LogP contribution in [0.1, 0.15) is 12.0 Å². The van der Waals surface area contributed by atoms with Gasteiger partial charge in [-0.2, -0.15) is 0 Å². The molecule has 1 aromatic carbocycles. The van der Waals surface area contributed by atoms with Crippen LogP contribution in [0.4, 0.5) is 10.1 Å². The van der Waals surface area contributed by atoms with Crippen molar-refractivity contribution in [3.63, 3.8) is 0 Å². The summed E-state index contributed by atoms with van der Waals surface area (Å²) in [6.45, 7) is 0. The van der Waals surface area contributed by atoms with Gasteiger partial charge in [-0.05, 0) is 12.1 Å². The molecule has 0 aromatic heterocycles. The van der Waals surface area contributed by atoms with Gasteiger partial charge in [0.15, 0.2) is 0 Å². The number of anilines is 1. The average molecular weight is 227 g/mol. The van der Waals surface area contributed by atoms with Crippen molar-refractivity contribution in [2.75, 3.05) is 5.73 Å². The highest BCUT2D eigenvalue weighted by atomic mass is 35.5. The highest BCUT2D eigenvalue weighted by molar-refractivity contribution is 6.33. The van der Waals surface area contributed by atoms with Crippen LogP contribution in [0.3, 0.4) is 0 Å². The van der Waals surface area contributed by atoms with Crippen molar-refractivity contribution in [1.29, 1.82) is 0 Å². The molecule has 0 saturated carbocycles. The number of hydrogen-bond acceptors (Lipinski definition) is 2. The zero-order chi connectivity index (χ0) is 11.4.